The fraction of sp³-hybridized carbons (Fsp3) is 0.583. The number of likely N-dealkylation sites (tertiary alicyclic amines) is 1. The van der Waals surface area contributed by atoms with Gasteiger partial charge >= 0.3 is 5.97 Å². The van der Waals surface area contributed by atoms with Gasteiger partial charge in [-0.15, -0.1) is 0 Å². The molecule has 0 aromatic heterocycles. The molecule has 2 bridgehead atoms. The fourth-order valence-electron chi connectivity index (χ4n) is 5.79. The molecule has 0 unspecified atom stereocenters. The van der Waals surface area contributed by atoms with Crippen LogP contribution in [0.2, 0.25) is 0 Å². The highest BCUT2D eigenvalue weighted by atomic mass is 16.5. The molecule has 0 spiro atoms. The van der Waals surface area contributed by atoms with Crippen molar-refractivity contribution in [2.45, 2.75) is 53.0 Å². The van der Waals surface area contributed by atoms with Crippen molar-refractivity contribution in [1.29, 1.82) is 0 Å². The number of aryl methyl sites for hydroxylation is 2. The average molecular weight is 427 g/mol. The Bertz CT molecular complexity index is 892. The Labute approximate surface area is 182 Å². The van der Waals surface area contributed by atoms with E-state index in [-0.39, 0.29) is 41.4 Å². The summed E-state index contributed by atoms with van der Waals surface area (Å²) in [7, 11) is 0. The zero-order chi connectivity index (χ0) is 22.4. The molecule has 2 aliphatic carbocycles. The molecule has 7 nitrogen and oxygen atoms in total. The second-order valence-corrected chi connectivity index (χ2v) is 9.54. The van der Waals surface area contributed by atoms with Gasteiger partial charge in [0.15, 0.2) is 6.61 Å². The van der Waals surface area contributed by atoms with Gasteiger partial charge in [-0.3, -0.25) is 19.3 Å². The lowest BCUT2D eigenvalue weighted by Gasteiger charge is -2.28. The molecule has 5 atom stereocenters. The number of imide groups is 1. The second-order valence-electron chi connectivity index (χ2n) is 9.54. The number of nitrogens with one attached hydrogen (secondary N) is 1. The van der Waals surface area contributed by atoms with Crippen LogP contribution in [0.4, 0.5) is 5.69 Å². The van der Waals surface area contributed by atoms with E-state index in [4.69, 9.17) is 4.74 Å². The molecule has 166 valence electrons. The largest absolute Gasteiger partial charge is 0.454 e. The summed E-state index contributed by atoms with van der Waals surface area (Å²) in [4.78, 5) is 52.7. The molecule has 1 aliphatic heterocycles. The topological polar surface area (TPSA) is 92.8 Å². The summed E-state index contributed by atoms with van der Waals surface area (Å²) < 4.78 is 5.28. The van der Waals surface area contributed by atoms with Crippen LogP contribution >= 0.6 is 0 Å². The highest BCUT2D eigenvalue weighted by molar-refractivity contribution is 6.08. The van der Waals surface area contributed by atoms with Gasteiger partial charge in [-0.05, 0) is 62.0 Å². The molecule has 3 fully saturated rings. The molecule has 3 amide bonds. The van der Waals surface area contributed by atoms with E-state index in [1.807, 2.05) is 32.0 Å². The lowest BCUT2D eigenvalue weighted by molar-refractivity contribution is -0.162. The Kier molecular flexibility index (Phi) is 5.62. The lowest BCUT2D eigenvalue weighted by atomic mass is 9.81. The summed E-state index contributed by atoms with van der Waals surface area (Å²) in [6, 6.07) is 4.67. The molecule has 0 radical (unpaired) electrons. The Morgan fingerprint density at radius 3 is 2.13 bits per heavy atom. The van der Waals surface area contributed by atoms with Crippen LogP contribution in [0.15, 0.2) is 18.2 Å². The van der Waals surface area contributed by atoms with Crippen LogP contribution in [0, 0.1) is 43.4 Å². The van der Waals surface area contributed by atoms with Crippen LogP contribution in [0.5, 0.6) is 0 Å². The molecule has 7 heteroatoms. The molecule has 1 N–H and O–H groups in total. The summed E-state index contributed by atoms with van der Waals surface area (Å²) in [5.74, 6) is -2.01. The first kappa shape index (κ1) is 21.5. The van der Waals surface area contributed by atoms with Crippen LogP contribution in [-0.4, -0.2) is 41.2 Å². The highest BCUT2D eigenvalue weighted by Crippen LogP contribution is 2.56. The van der Waals surface area contributed by atoms with Crippen LogP contribution in [0.1, 0.15) is 44.2 Å². The van der Waals surface area contributed by atoms with Gasteiger partial charge in [-0.25, -0.2) is 4.79 Å². The third-order valence-corrected chi connectivity index (χ3v) is 7.20. The number of benzene rings is 1. The van der Waals surface area contributed by atoms with E-state index >= 15 is 0 Å². The van der Waals surface area contributed by atoms with Crippen LogP contribution in [-0.2, 0) is 23.9 Å². The Hall–Kier alpha value is -2.70. The van der Waals surface area contributed by atoms with Gasteiger partial charge in [0.25, 0.3) is 5.91 Å². The number of nitrogens with zero attached hydrogens (tertiary/aromatic N) is 1. The number of ether oxygens (including phenoxy) is 1. The number of hydrogen-bond acceptors (Lipinski definition) is 5. The maximum Gasteiger partial charge on any atom is 0.330 e. The SMILES string of the molecule is Cc1cccc(C)c1NC(=O)COC(=O)[C@H](C(C)C)N1C(=O)[C@H]2[C@@H]3CC[C@@H](C3)[C@@H]2C1=O. The summed E-state index contributed by atoms with van der Waals surface area (Å²) in [6.07, 6.45) is 2.90. The van der Waals surface area contributed by atoms with E-state index in [2.05, 4.69) is 5.32 Å². The molecule has 1 aromatic rings. The van der Waals surface area contributed by atoms with Gasteiger partial charge in [0.2, 0.25) is 11.8 Å². The number of rotatable bonds is 6. The number of esters is 1. The summed E-state index contributed by atoms with van der Waals surface area (Å²) in [5.41, 5.74) is 2.51. The van der Waals surface area contributed by atoms with Crippen molar-refractivity contribution in [3.05, 3.63) is 29.3 Å². The van der Waals surface area contributed by atoms with Crippen molar-refractivity contribution in [2.75, 3.05) is 11.9 Å². The van der Waals surface area contributed by atoms with Crippen LogP contribution in [0.3, 0.4) is 0 Å². The van der Waals surface area contributed by atoms with E-state index < -0.39 is 24.5 Å². The first-order valence-corrected chi connectivity index (χ1v) is 11.1. The van der Waals surface area contributed by atoms with Crippen molar-refractivity contribution in [3.8, 4) is 0 Å². The highest BCUT2D eigenvalue weighted by Gasteiger charge is 2.62. The molecule has 1 aromatic carbocycles. The number of carbonyl (C=O) groups is 4. The Morgan fingerprint density at radius 2 is 1.61 bits per heavy atom. The van der Waals surface area contributed by atoms with Crippen molar-refractivity contribution in [1.82, 2.24) is 4.90 Å². The molecule has 2 saturated carbocycles. The smallest absolute Gasteiger partial charge is 0.330 e. The zero-order valence-corrected chi connectivity index (χ0v) is 18.5. The van der Waals surface area contributed by atoms with E-state index in [1.165, 1.54) is 0 Å². The van der Waals surface area contributed by atoms with Gasteiger partial charge in [-0.1, -0.05) is 32.0 Å². The monoisotopic (exact) mass is 426 g/mol. The normalized spacial score (nSPS) is 27.6. The predicted octanol–water partition coefficient (Wildman–Crippen LogP) is 2.84. The van der Waals surface area contributed by atoms with Gasteiger partial charge < -0.3 is 10.1 Å². The number of amides is 3. The third kappa shape index (κ3) is 3.64. The first-order chi connectivity index (χ1) is 14.7. The van der Waals surface area contributed by atoms with E-state index in [1.54, 1.807) is 13.8 Å². The molecule has 4 rings (SSSR count). The number of hydrogen-bond donors (Lipinski definition) is 1. The van der Waals surface area contributed by atoms with E-state index in [0.717, 1.165) is 35.3 Å². The minimum atomic E-state index is -1.00. The molecular weight excluding hydrogens is 396 g/mol. The third-order valence-electron chi connectivity index (χ3n) is 7.20. The number of carbonyl (C=O) groups excluding carboxylic acids is 4. The minimum Gasteiger partial charge on any atom is -0.454 e. The first-order valence-electron chi connectivity index (χ1n) is 11.1. The van der Waals surface area contributed by atoms with Gasteiger partial charge in [0.1, 0.15) is 6.04 Å². The predicted molar refractivity (Wildman–Crippen MR) is 114 cm³/mol. The molecular formula is C24H30N2O5. The number of para-hydroxylation sites is 1. The van der Waals surface area contributed by atoms with Gasteiger partial charge in [0, 0.05) is 5.69 Å². The summed E-state index contributed by atoms with van der Waals surface area (Å²) in [6.45, 7) is 6.87. The quantitative estimate of drug-likeness (QED) is 0.558. The molecule has 1 saturated heterocycles. The fourth-order valence-corrected chi connectivity index (χ4v) is 5.79. The van der Waals surface area contributed by atoms with Crippen LogP contribution < -0.4 is 5.32 Å². The average Bonchev–Trinajstić information content (AvgIpc) is 3.39. The number of anilines is 1. The van der Waals surface area contributed by atoms with Gasteiger partial charge in [0.05, 0.1) is 11.8 Å². The van der Waals surface area contributed by atoms with Crippen molar-refractivity contribution >= 4 is 29.4 Å². The second kappa shape index (κ2) is 8.09. The molecule has 31 heavy (non-hydrogen) atoms. The Balaban J connectivity index is 1.43. The van der Waals surface area contributed by atoms with Crippen molar-refractivity contribution < 1.29 is 23.9 Å². The van der Waals surface area contributed by atoms with E-state index in [0.29, 0.717) is 5.69 Å². The summed E-state index contributed by atoms with van der Waals surface area (Å²) >= 11 is 0. The zero-order valence-electron chi connectivity index (χ0n) is 18.5. The van der Waals surface area contributed by atoms with E-state index in [9.17, 15) is 19.2 Å². The standard InChI is InChI=1S/C24H30N2O5/c1-12(2)21(26-22(28)18-15-8-9-16(10-15)19(18)23(26)29)24(30)31-11-17(27)25-20-13(3)6-5-7-14(20)4/h5-7,12,15-16,18-19,21H,8-11H2,1-4H3,(H,25,27)/t15-,16+,18-,19-,21-/m0/s1. The Morgan fingerprint density at radius 1 is 1.06 bits per heavy atom. The molecule has 1 heterocycles. The van der Waals surface area contributed by atoms with Crippen LogP contribution in [0.25, 0.3) is 0 Å². The van der Waals surface area contributed by atoms with Gasteiger partial charge in [-0.2, -0.15) is 0 Å². The van der Waals surface area contributed by atoms with Crippen molar-refractivity contribution in [3.63, 3.8) is 0 Å². The van der Waals surface area contributed by atoms with Crippen molar-refractivity contribution in [2.24, 2.45) is 29.6 Å². The summed E-state index contributed by atoms with van der Waals surface area (Å²) in [5, 5.41) is 2.78. The number of fused-ring (bicyclic) bond motifs is 5. The molecule has 3 aliphatic rings. The maximum absolute atomic E-state index is 13.1. The minimum absolute atomic E-state index is 0.238. The lowest BCUT2D eigenvalue weighted by Crippen LogP contribution is -2.50. The maximum atomic E-state index is 13.1.